The molecular formula is C13H23N3O. The highest BCUT2D eigenvalue weighted by atomic mass is 16.5. The largest absolute Gasteiger partial charge is 0.378 e. The maximum atomic E-state index is 5.48. The zero-order valence-corrected chi connectivity index (χ0v) is 11.3. The molecule has 1 aliphatic rings. The van der Waals surface area contributed by atoms with Gasteiger partial charge in [-0.2, -0.15) is 0 Å². The van der Waals surface area contributed by atoms with E-state index in [9.17, 15) is 0 Å². The van der Waals surface area contributed by atoms with Gasteiger partial charge in [-0.25, -0.2) is 4.98 Å². The second-order valence-electron chi connectivity index (χ2n) is 5.63. The molecule has 17 heavy (non-hydrogen) atoms. The van der Waals surface area contributed by atoms with E-state index in [1.807, 2.05) is 0 Å². The molecule has 2 rings (SSSR count). The van der Waals surface area contributed by atoms with Gasteiger partial charge in [0.1, 0.15) is 5.82 Å². The molecule has 96 valence electrons. The molecule has 2 heterocycles. The van der Waals surface area contributed by atoms with Crippen LogP contribution in [0.2, 0.25) is 0 Å². The minimum atomic E-state index is 0.0929. The van der Waals surface area contributed by atoms with Crippen LogP contribution in [0.1, 0.15) is 50.9 Å². The summed E-state index contributed by atoms with van der Waals surface area (Å²) in [6.45, 7) is 11.2. The van der Waals surface area contributed by atoms with E-state index in [0.717, 1.165) is 25.4 Å². The van der Waals surface area contributed by atoms with E-state index in [2.05, 4.69) is 38.0 Å². The van der Waals surface area contributed by atoms with Crippen LogP contribution in [0.4, 0.5) is 0 Å². The molecule has 0 amide bonds. The third kappa shape index (κ3) is 2.69. The van der Waals surface area contributed by atoms with E-state index in [1.54, 1.807) is 0 Å². The van der Waals surface area contributed by atoms with Crippen molar-refractivity contribution in [1.29, 1.82) is 0 Å². The number of morpholine rings is 1. The van der Waals surface area contributed by atoms with Crippen molar-refractivity contribution < 1.29 is 4.74 Å². The van der Waals surface area contributed by atoms with Crippen LogP contribution in [-0.2, 0) is 16.6 Å². The molecule has 1 aromatic rings. The lowest BCUT2D eigenvalue weighted by Gasteiger charge is -2.22. The fourth-order valence-corrected chi connectivity index (χ4v) is 2.21. The van der Waals surface area contributed by atoms with E-state index in [4.69, 9.17) is 9.72 Å². The number of imidazole rings is 1. The average Bonchev–Trinajstić information content (AvgIpc) is 2.74. The Hall–Kier alpha value is -0.870. The standard InChI is InChI=1S/C13H23N3O/c1-5-9-11(13(2,3)4)16-12(15-9)10-8-17-7-6-14-10/h10,14H,5-8H2,1-4H3,(H,15,16). The summed E-state index contributed by atoms with van der Waals surface area (Å²) in [5.74, 6) is 1.02. The van der Waals surface area contributed by atoms with Crippen molar-refractivity contribution in [2.75, 3.05) is 19.8 Å². The van der Waals surface area contributed by atoms with Crippen LogP contribution < -0.4 is 5.32 Å². The van der Waals surface area contributed by atoms with Crippen molar-refractivity contribution in [3.8, 4) is 0 Å². The summed E-state index contributed by atoms with van der Waals surface area (Å²) in [6.07, 6.45) is 0.993. The monoisotopic (exact) mass is 237 g/mol. The molecule has 1 unspecified atom stereocenters. The fourth-order valence-electron chi connectivity index (χ4n) is 2.21. The maximum Gasteiger partial charge on any atom is 0.126 e. The van der Waals surface area contributed by atoms with Gasteiger partial charge in [0.05, 0.1) is 24.9 Å². The number of aromatic amines is 1. The molecule has 1 aliphatic heterocycles. The highest BCUT2D eigenvalue weighted by molar-refractivity contribution is 5.23. The number of hydrogen-bond donors (Lipinski definition) is 2. The van der Waals surface area contributed by atoms with Crippen molar-refractivity contribution in [3.05, 3.63) is 17.2 Å². The van der Waals surface area contributed by atoms with E-state index >= 15 is 0 Å². The molecule has 4 heteroatoms. The number of aryl methyl sites for hydroxylation is 1. The zero-order valence-electron chi connectivity index (χ0n) is 11.3. The predicted molar refractivity (Wildman–Crippen MR) is 68.2 cm³/mol. The van der Waals surface area contributed by atoms with Crippen molar-refractivity contribution in [1.82, 2.24) is 15.3 Å². The van der Waals surface area contributed by atoms with Gasteiger partial charge in [0.15, 0.2) is 0 Å². The van der Waals surface area contributed by atoms with Crippen LogP contribution in [0.5, 0.6) is 0 Å². The van der Waals surface area contributed by atoms with Gasteiger partial charge in [-0.3, -0.25) is 0 Å². The van der Waals surface area contributed by atoms with Crippen LogP contribution in [0.3, 0.4) is 0 Å². The van der Waals surface area contributed by atoms with E-state index in [-0.39, 0.29) is 11.5 Å². The minimum absolute atomic E-state index is 0.0929. The Labute approximate surface area is 103 Å². The number of nitrogens with zero attached hydrogens (tertiary/aromatic N) is 1. The van der Waals surface area contributed by atoms with Gasteiger partial charge >= 0.3 is 0 Å². The molecule has 4 nitrogen and oxygen atoms in total. The van der Waals surface area contributed by atoms with E-state index in [1.165, 1.54) is 11.4 Å². The predicted octanol–water partition coefficient (Wildman–Crippen LogP) is 1.93. The number of aromatic nitrogens is 2. The molecule has 0 bridgehead atoms. The van der Waals surface area contributed by atoms with Crippen LogP contribution >= 0.6 is 0 Å². The van der Waals surface area contributed by atoms with Crippen molar-refractivity contribution in [2.45, 2.75) is 45.6 Å². The Bertz CT molecular complexity index is 373. The summed E-state index contributed by atoms with van der Waals surface area (Å²) in [4.78, 5) is 8.23. The molecule has 0 aromatic carbocycles. The first kappa shape index (κ1) is 12.6. The van der Waals surface area contributed by atoms with E-state index in [0.29, 0.717) is 6.61 Å². The van der Waals surface area contributed by atoms with Gasteiger partial charge in [0.2, 0.25) is 0 Å². The molecule has 2 N–H and O–H groups in total. The molecule has 0 aliphatic carbocycles. The highest BCUT2D eigenvalue weighted by Gasteiger charge is 2.25. The molecule has 1 aromatic heterocycles. The Morgan fingerprint density at radius 1 is 1.41 bits per heavy atom. The summed E-state index contributed by atoms with van der Waals surface area (Å²) >= 11 is 0. The third-order valence-corrected chi connectivity index (χ3v) is 3.11. The van der Waals surface area contributed by atoms with Crippen molar-refractivity contribution in [3.63, 3.8) is 0 Å². The second kappa shape index (κ2) is 4.78. The fraction of sp³-hybridized carbons (Fsp3) is 0.769. The van der Waals surface area contributed by atoms with Crippen LogP contribution in [-0.4, -0.2) is 29.7 Å². The smallest absolute Gasteiger partial charge is 0.126 e. The highest BCUT2D eigenvalue weighted by Crippen LogP contribution is 2.26. The van der Waals surface area contributed by atoms with Gasteiger partial charge in [-0.1, -0.05) is 27.7 Å². The first-order chi connectivity index (χ1) is 8.02. The molecule has 1 fully saturated rings. The zero-order chi connectivity index (χ0) is 12.5. The van der Waals surface area contributed by atoms with Gasteiger partial charge < -0.3 is 15.0 Å². The summed E-state index contributed by atoms with van der Waals surface area (Å²) < 4.78 is 5.48. The molecule has 1 saturated heterocycles. The SMILES string of the molecule is CCc1[nH]c(C2COCCN2)nc1C(C)(C)C. The third-order valence-electron chi connectivity index (χ3n) is 3.11. The summed E-state index contributed by atoms with van der Waals surface area (Å²) in [7, 11) is 0. The van der Waals surface area contributed by atoms with E-state index < -0.39 is 0 Å². The molecule has 0 saturated carbocycles. The first-order valence-corrected chi connectivity index (χ1v) is 6.42. The second-order valence-corrected chi connectivity index (χ2v) is 5.63. The lowest BCUT2D eigenvalue weighted by Crippen LogP contribution is -2.35. The number of rotatable bonds is 2. The van der Waals surface area contributed by atoms with Gasteiger partial charge in [0.25, 0.3) is 0 Å². The molecule has 1 atom stereocenters. The Morgan fingerprint density at radius 2 is 2.18 bits per heavy atom. The van der Waals surface area contributed by atoms with Crippen LogP contribution in [0.15, 0.2) is 0 Å². The summed E-state index contributed by atoms with van der Waals surface area (Å²) in [5.41, 5.74) is 2.53. The minimum Gasteiger partial charge on any atom is -0.378 e. The number of nitrogens with one attached hydrogen (secondary N) is 2. The van der Waals surface area contributed by atoms with Crippen molar-refractivity contribution in [2.24, 2.45) is 0 Å². The average molecular weight is 237 g/mol. The quantitative estimate of drug-likeness (QED) is 0.826. The van der Waals surface area contributed by atoms with Crippen LogP contribution in [0, 0.1) is 0 Å². The maximum absolute atomic E-state index is 5.48. The number of ether oxygens (including phenoxy) is 1. The number of hydrogen-bond acceptors (Lipinski definition) is 3. The topological polar surface area (TPSA) is 49.9 Å². The lowest BCUT2D eigenvalue weighted by atomic mass is 9.90. The van der Waals surface area contributed by atoms with Gasteiger partial charge in [-0.15, -0.1) is 0 Å². The normalized spacial score (nSPS) is 21.8. The summed E-state index contributed by atoms with van der Waals surface area (Å²) in [6, 6.07) is 0.213. The van der Waals surface area contributed by atoms with Crippen LogP contribution in [0.25, 0.3) is 0 Å². The first-order valence-electron chi connectivity index (χ1n) is 6.42. The summed E-state index contributed by atoms with van der Waals surface area (Å²) in [5, 5.41) is 3.43. The van der Waals surface area contributed by atoms with Gasteiger partial charge in [0, 0.05) is 17.7 Å². The molecule has 0 spiro atoms. The lowest BCUT2D eigenvalue weighted by molar-refractivity contribution is 0.0744. The van der Waals surface area contributed by atoms with Crippen molar-refractivity contribution >= 4 is 0 Å². The van der Waals surface area contributed by atoms with Gasteiger partial charge in [-0.05, 0) is 6.42 Å². The number of H-pyrrole nitrogens is 1. The Balaban J connectivity index is 2.27. The Kier molecular flexibility index (Phi) is 3.54. The Morgan fingerprint density at radius 3 is 2.65 bits per heavy atom. The molecular weight excluding hydrogens is 214 g/mol. The molecule has 0 radical (unpaired) electrons.